The molecular weight excluding hydrogens is 368 g/mol. The number of benzene rings is 1. The molecule has 2 aromatic heterocycles. The van der Waals surface area contributed by atoms with Crippen LogP contribution < -0.4 is 15.0 Å². The molecule has 0 bridgehead atoms. The van der Waals surface area contributed by atoms with Crippen molar-refractivity contribution in [1.29, 1.82) is 0 Å². The second-order valence-electron chi connectivity index (χ2n) is 7.41. The molecule has 150 valence electrons. The summed E-state index contributed by atoms with van der Waals surface area (Å²) in [6.07, 6.45) is 1.83. The van der Waals surface area contributed by atoms with Crippen LogP contribution in [-0.2, 0) is 9.47 Å². The van der Waals surface area contributed by atoms with E-state index in [9.17, 15) is 0 Å². The van der Waals surface area contributed by atoms with Gasteiger partial charge in [-0.15, -0.1) is 0 Å². The largest absolute Gasteiger partial charge is 0.494 e. The molecule has 1 aromatic carbocycles. The van der Waals surface area contributed by atoms with Crippen molar-refractivity contribution in [1.82, 2.24) is 9.97 Å². The van der Waals surface area contributed by atoms with E-state index in [1.165, 1.54) is 0 Å². The van der Waals surface area contributed by atoms with Gasteiger partial charge in [0.15, 0.2) is 0 Å². The van der Waals surface area contributed by atoms with Gasteiger partial charge in [-0.1, -0.05) is 18.2 Å². The molecule has 5 rings (SSSR count). The summed E-state index contributed by atoms with van der Waals surface area (Å²) in [4.78, 5) is 11.4. The standard InChI is InChI=1S/C22H24N4O3/c1-27-17-6-4-5-15-8-9-21(25-22(15)17)26-11-18-19(12-26)29-14-16(13-28-18)24-20-7-2-3-10-23-20/h2-10,16,18-19H,11-14H2,1H3,(H,23,24)/t18-,19-/m0/s1. The van der Waals surface area contributed by atoms with Gasteiger partial charge in [0.05, 0.1) is 26.4 Å². The first-order valence-electron chi connectivity index (χ1n) is 9.89. The number of hydrogen-bond donors (Lipinski definition) is 1. The van der Waals surface area contributed by atoms with Gasteiger partial charge in [-0.2, -0.15) is 0 Å². The highest BCUT2D eigenvalue weighted by molar-refractivity contribution is 5.86. The Bertz CT molecular complexity index is 968. The maximum Gasteiger partial charge on any atom is 0.145 e. The molecule has 0 saturated carbocycles. The zero-order valence-corrected chi connectivity index (χ0v) is 16.3. The van der Waals surface area contributed by atoms with E-state index in [-0.39, 0.29) is 18.2 Å². The van der Waals surface area contributed by atoms with E-state index in [4.69, 9.17) is 19.2 Å². The number of hydrogen-bond acceptors (Lipinski definition) is 7. The SMILES string of the molecule is COc1cccc2ccc(N3C[C@@H]4OCC(Nc5ccccn5)CO[C@H]4C3)nc12. The lowest BCUT2D eigenvalue weighted by atomic mass is 10.2. The molecule has 0 amide bonds. The molecule has 0 unspecified atom stereocenters. The summed E-state index contributed by atoms with van der Waals surface area (Å²) in [5, 5.41) is 4.45. The van der Waals surface area contributed by atoms with Gasteiger partial charge in [-0.3, -0.25) is 0 Å². The Balaban J connectivity index is 1.27. The first-order chi connectivity index (χ1) is 14.3. The molecule has 7 nitrogen and oxygen atoms in total. The van der Waals surface area contributed by atoms with Crippen LogP contribution in [0.1, 0.15) is 0 Å². The average molecular weight is 392 g/mol. The predicted molar refractivity (Wildman–Crippen MR) is 112 cm³/mol. The molecule has 1 N–H and O–H groups in total. The van der Waals surface area contributed by atoms with Crippen molar-refractivity contribution < 1.29 is 14.2 Å². The van der Waals surface area contributed by atoms with Crippen LogP contribution in [0.3, 0.4) is 0 Å². The van der Waals surface area contributed by atoms with Gasteiger partial charge in [-0.05, 0) is 30.3 Å². The fourth-order valence-corrected chi connectivity index (χ4v) is 3.97. The molecular formula is C22H24N4O3. The van der Waals surface area contributed by atoms with E-state index in [1.54, 1.807) is 13.3 Å². The first-order valence-corrected chi connectivity index (χ1v) is 9.89. The van der Waals surface area contributed by atoms with Crippen molar-refractivity contribution in [3.05, 3.63) is 54.7 Å². The Morgan fingerprint density at radius 3 is 2.55 bits per heavy atom. The number of rotatable bonds is 4. The number of nitrogens with zero attached hydrogens (tertiary/aromatic N) is 3. The van der Waals surface area contributed by atoms with Crippen LogP contribution in [0.4, 0.5) is 11.6 Å². The van der Waals surface area contributed by atoms with E-state index >= 15 is 0 Å². The summed E-state index contributed by atoms with van der Waals surface area (Å²) >= 11 is 0. The highest BCUT2D eigenvalue weighted by Gasteiger charge is 2.38. The lowest BCUT2D eigenvalue weighted by Gasteiger charge is -2.20. The molecule has 3 aromatic rings. The van der Waals surface area contributed by atoms with Crippen molar-refractivity contribution in [2.24, 2.45) is 0 Å². The number of aromatic nitrogens is 2. The molecule has 2 fully saturated rings. The van der Waals surface area contributed by atoms with E-state index in [0.29, 0.717) is 13.2 Å². The van der Waals surface area contributed by atoms with Crippen molar-refractivity contribution in [2.45, 2.75) is 18.2 Å². The highest BCUT2D eigenvalue weighted by Crippen LogP contribution is 2.29. The van der Waals surface area contributed by atoms with Crippen LogP contribution in [0.2, 0.25) is 0 Å². The molecule has 2 aliphatic heterocycles. The Kier molecular flexibility index (Phi) is 4.91. The average Bonchev–Trinajstić information content (AvgIpc) is 3.09. The second-order valence-corrected chi connectivity index (χ2v) is 7.41. The minimum absolute atomic E-state index is 0.0284. The Morgan fingerprint density at radius 2 is 1.83 bits per heavy atom. The van der Waals surface area contributed by atoms with E-state index in [1.807, 2.05) is 36.4 Å². The minimum Gasteiger partial charge on any atom is -0.494 e. The summed E-state index contributed by atoms with van der Waals surface area (Å²) in [6.45, 7) is 2.69. The molecule has 0 spiro atoms. The van der Waals surface area contributed by atoms with Crippen molar-refractivity contribution in [3.8, 4) is 5.75 Å². The van der Waals surface area contributed by atoms with Gasteiger partial charge < -0.3 is 24.4 Å². The van der Waals surface area contributed by atoms with E-state index in [2.05, 4.69) is 27.3 Å². The van der Waals surface area contributed by atoms with Gasteiger partial charge in [0.1, 0.15) is 35.1 Å². The zero-order valence-electron chi connectivity index (χ0n) is 16.3. The molecule has 29 heavy (non-hydrogen) atoms. The summed E-state index contributed by atoms with van der Waals surface area (Å²) in [7, 11) is 1.67. The van der Waals surface area contributed by atoms with Crippen LogP contribution >= 0.6 is 0 Å². The lowest BCUT2D eigenvalue weighted by Crippen LogP contribution is -2.31. The first kappa shape index (κ1) is 18.1. The third kappa shape index (κ3) is 3.71. The maximum absolute atomic E-state index is 6.19. The predicted octanol–water partition coefficient (Wildman–Crippen LogP) is 2.72. The summed E-state index contributed by atoms with van der Waals surface area (Å²) in [5.41, 5.74) is 0.876. The molecule has 0 aliphatic carbocycles. The van der Waals surface area contributed by atoms with Crippen molar-refractivity contribution >= 4 is 22.5 Å². The molecule has 2 saturated heterocycles. The van der Waals surface area contributed by atoms with Crippen LogP contribution in [-0.4, -0.2) is 61.6 Å². The fourth-order valence-electron chi connectivity index (χ4n) is 3.97. The van der Waals surface area contributed by atoms with Crippen LogP contribution in [0.5, 0.6) is 5.75 Å². The number of fused-ring (bicyclic) bond motifs is 2. The maximum atomic E-state index is 6.19. The minimum atomic E-state index is 0.0284. The number of nitrogens with one attached hydrogen (secondary N) is 1. The van der Waals surface area contributed by atoms with Gasteiger partial charge in [0, 0.05) is 24.7 Å². The number of ether oxygens (including phenoxy) is 3. The fraction of sp³-hybridized carbons (Fsp3) is 0.364. The normalized spacial score (nSPS) is 22.3. The molecule has 4 heterocycles. The van der Waals surface area contributed by atoms with Gasteiger partial charge in [0.2, 0.25) is 0 Å². The smallest absolute Gasteiger partial charge is 0.145 e. The summed E-state index contributed by atoms with van der Waals surface area (Å²) < 4.78 is 17.8. The third-order valence-electron chi connectivity index (χ3n) is 5.47. The highest BCUT2D eigenvalue weighted by atomic mass is 16.6. The molecule has 2 atom stereocenters. The lowest BCUT2D eigenvalue weighted by molar-refractivity contribution is -0.00461. The molecule has 7 heteroatoms. The summed E-state index contributed by atoms with van der Waals surface area (Å²) in [5.74, 6) is 2.55. The van der Waals surface area contributed by atoms with Gasteiger partial charge >= 0.3 is 0 Å². The molecule has 0 radical (unpaired) electrons. The second kappa shape index (κ2) is 7.85. The number of para-hydroxylation sites is 1. The number of pyridine rings is 2. The number of methoxy groups -OCH3 is 1. The van der Waals surface area contributed by atoms with E-state index < -0.39 is 0 Å². The summed E-state index contributed by atoms with van der Waals surface area (Å²) in [6, 6.07) is 16.0. The van der Waals surface area contributed by atoms with E-state index in [0.717, 1.165) is 41.4 Å². The van der Waals surface area contributed by atoms with Crippen LogP contribution in [0.15, 0.2) is 54.7 Å². The van der Waals surface area contributed by atoms with Crippen molar-refractivity contribution in [3.63, 3.8) is 0 Å². The monoisotopic (exact) mass is 392 g/mol. The van der Waals surface area contributed by atoms with Gasteiger partial charge in [-0.25, -0.2) is 9.97 Å². The Labute approximate surface area is 169 Å². The third-order valence-corrected chi connectivity index (χ3v) is 5.47. The van der Waals surface area contributed by atoms with Crippen molar-refractivity contribution in [2.75, 3.05) is 43.6 Å². The molecule has 2 aliphatic rings. The topological polar surface area (TPSA) is 68.7 Å². The van der Waals surface area contributed by atoms with Crippen LogP contribution in [0, 0.1) is 0 Å². The Hall–Kier alpha value is -2.90. The number of anilines is 2. The zero-order chi connectivity index (χ0) is 19.6. The Morgan fingerprint density at radius 1 is 1.00 bits per heavy atom. The quantitative estimate of drug-likeness (QED) is 0.732. The van der Waals surface area contributed by atoms with Crippen LogP contribution in [0.25, 0.3) is 10.9 Å². The van der Waals surface area contributed by atoms with Gasteiger partial charge in [0.25, 0.3) is 0 Å².